The van der Waals surface area contributed by atoms with Crippen molar-refractivity contribution in [3.8, 4) is 5.69 Å². The van der Waals surface area contributed by atoms with E-state index in [-0.39, 0.29) is 0 Å². The standard InChI is InChI=1S/C52H62N8/c1-36-29-41(56-45-31-38(3)49(58(5)6)34-46(45)55-40-21-15-13-16-22-40)25-26-43(36)53-27-19-11-9-10-12-20-28-54-44-33-51-47(30-37(44)2)57-48-32-39(4)50(59(7)8)35-52(48)60(51)42-23-17-14-18-24-42/h13-18,21-24,26,29-35,53,55H,9-12,19-20,25,27-28H2,1-8H3/p+1. The van der Waals surface area contributed by atoms with Crippen molar-refractivity contribution in [2.45, 2.75) is 72.6 Å². The first-order chi connectivity index (χ1) is 29.0. The number of nitrogens with one attached hydrogen (secondary N) is 3. The van der Waals surface area contributed by atoms with E-state index in [1.165, 1.54) is 77.1 Å². The summed E-state index contributed by atoms with van der Waals surface area (Å²) in [4.78, 5) is 14.7. The highest BCUT2D eigenvalue weighted by Gasteiger charge is 2.23. The molecular weight excluding hydrogens is 737 g/mol. The molecule has 0 amide bonds. The molecule has 3 N–H and O–H groups in total. The van der Waals surface area contributed by atoms with Crippen molar-refractivity contribution in [2.75, 3.05) is 61.7 Å². The Labute approximate surface area is 357 Å². The molecule has 310 valence electrons. The first-order valence-electron chi connectivity index (χ1n) is 21.7. The number of aliphatic imine (C=N–C) groups is 1. The van der Waals surface area contributed by atoms with Gasteiger partial charge in [-0.05, 0) is 105 Å². The minimum atomic E-state index is 0.809. The second kappa shape index (κ2) is 19.3. The average Bonchev–Trinajstić information content (AvgIpc) is 3.22. The van der Waals surface area contributed by atoms with Gasteiger partial charge in [0.15, 0.2) is 0 Å². The third-order valence-electron chi connectivity index (χ3n) is 11.5. The second-order valence-electron chi connectivity index (χ2n) is 16.7. The molecule has 0 bridgehead atoms. The van der Waals surface area contributed by atoms with E-state index >= 15 is 0 Å². The fourth-order valence-corrected chi connectivity index (χ4v) is 8.31. The largest absolute Gasteiger partial charge is 0.385 e. The molecule has 5 aromatic carbocycles. The summed E-state index contributed by atoms with van der Waals surface area (Å²) in [6, 6.07) is 34.4. The van der Waals surface area contributed by atoms with Crippen LogP contribution in [-0.4, -0.2) is 52.0 Å². The number of rotatable bonds is 17. The van der Waals surface area contributed by atoms with Gasteiger partial charge in [0.05, 0.1) is 11.4 Å². The molecular formula is C52H63N8+. The van der Waals surface area contributed by atoms with Gasteiger partial charge in [-0.3, -0.25) is 4.99 Å². The first-order valence-corrected chi connectivity index (χ1v) is 21.7. The Hall–Kier alpha value is -6.15. The topological polar surface area (TPSA) is 71.7 Å². The summed E-state index contributed by atoms with van der Waals surface area (Å²) >= 11 is 0. The molecule has 8 heteroatoms. The zero-order chi connectivity index (χ0) is 42.2. The van der Waals surface area contributed by atoms with Gasteiger partial charge in [-0.25, -0.2) is 4.98 Å². The van der Waals surface area contributed by atoms with Crippen LogP contribution in [0.1, 0.15) is 68.6 Å². The van der Waals surface area contributed by atoms with Gasteiger partial charge in [0, 0.05) is 106 Å². The van der Waals surface area contributed by atoms with Crippen LogP contribution in [0.5, 0.6) is 0 Å². The van der Waals surface area contributed by atoms with E-state index in [1.807, 2.05) is 6.07 Å². The summed E-state index contributed by atoms with van der Waals surface area (Å²) in [5.41, 5.74) is 19.2. The fourth-order valence-electron chi connectivity index (χ4n) is 8.31. The first kappa shape index (κ1) is 42.0. The molecule has 6 aromatic rings. The lowest BCUT2D eigenvalue weighted by molar-refractivity contribution is -0.538. The predicted molar refractivity (Wildman–Crippen MR) is 258 cm³/mol. The van der Waals surface area contributed by atoms with Crippen LogP contribution in [0.4, 0.5) is 34.1 Å². The maximum absolute atomic E-state index is 5.16. The Morgan fingerprint density at radius 2 is 1.20 bits per heavy atom. The number of nitrogens with zero attached hydrogens (tertiary/aromatic N) is 5. The van der Waals surface area contributed by atoms with Gasteiger partial charge in [-0.2, -0.15) is 0 Å². The van der Waals surface area contributed by atoms with Gasteiger partial charge >= 0.3 is 0 Å². The second-order valence-corrected chi connectivity index (χ2v) is 16.7. The summed E-state index contributed by atoms with van der Waals surface area (Å²) in [5, 5.41) is 11.1. The number of unbranched alkanes of at least 4 members (excludes halogenated alkanes) is 5. The van der Waals surface area contributed by atoms with Crippen molar-refractivity contribution in [3.63, 3.8) is 0 Å². The quantitative estimate of drug-likeness (QED) is 0.0485. The molecule has 8 nitrogen and oxygen atoms in total. The van der Waals surface area contributed by atoms with Crippen LogP contribution in [-0.2, 0) is 0 Å². The summed E-state index contributed by atoms with van der Waals surface area (Å²) in [7, 11) is 8.38. The van der Waals surface area contributed by atoms with Crippen molar-refractivity contribution in [1.82, 2.24) is 10.3 Å². The van der Waals surface area contributed by atoms with Crippen LogP contribution >= 0.6 is 0 Å². The van der Waals surface area contributed by atoms with E-state index in [4.69, 9.17) is 9.98 Å². The average molecular weight is 800 g/mol. The number of hydrogen-bond acceptors (Lipinski definition) is 7. The number of fused-ring (bicyclic) bond motifs is 2. The van der Waals surface area contributed by atoms with Crippen LogP contribution in [0.25, 0.3) is 27.8 Å². The third-order valence-corrected chi connectivity index (χ3v) is 11.5. The molecule has 0 radical (unpaired) electrons. The number of para-hydroxylation sites is 2. The Morgan fingerprint density at radius 1 is 0.617 bits per heavy atom. The molecule has 7 rings (SSSR count). The maximum Gasteiger partial charge on any atom is 0.239 e. The van der Waals surface area contributed by atoms with Crippen LogP contribution < -0.4 is 30.3 Å². The van der Waals surface area contributed by atoms with Crippen molar-refractivity contribution >= 4 is 61.9 Å². The highest BCUT2D eigenvalue weighted by molar-refractivity contribution is 6.01. The lowest BCUT2D eigenvalue weighted by Gasteiger charge is -2.20. The van der Waals surface area contributed by atoms with E-state index in [1.54, 1.807) is 0 Å². The maximum atomic E-state index is 5.16. The molecule has 1 heterocycles. The van der Waals surface area contributed by atoms with E-state index in [0.717, 1.165) is 76.5 Å². The number of anilines is 5. The van der Waals surface area contributed by atoms with Gasteiger partial charge in [0.2, 0.25) is 16.7 Å². The molecule has 0 saturated heterocycles. The SMILES string of the molecule is CC1=CC(=Nc2cc(C)c(N(C)C)cc2Nc2ccccc2)CC=C1NCCCCCCCCNc1cc2c(cc1C)nc1cc(C)c(N(C)C)cc1[n+]2-c1ccccc1. The lowest BCUT2D eigenvalue weighted by atomic mass is 10.0. The lowest BCUT2D eigenvalue weighted by Crippen LogP contribution is -2.33. The number of aryl methyl sites for hydroxylation is 3. The smallest absolute Gasteiger partial charge is 0.239 e. The summed E-state index contributed by atoms with van der Waals surface area (Å²) < 4.78 is 2.37. The molecule has 1 aliphatic rings. The highest BCUT2D eigenvalue weighted by atomic mass is 15.1. The number of benzene rings is 5. The third kappa shape index (κ3) is 9.99. The normalized spacial score (nSPS) is 13.4. The summed E-state index contributed by atoms with van der Waals surface area (Å²) in [6.45, 7) is 10.6. The Kier molecular flexibility index (Phi) is 13.5. The van der Waals surface area contributed by atoms with Crippen molar-refractivity contribution < 1.29 is 4.57 Å². The molecule has 1 aromatic heterocycles. The summed E-state index contributed by atoms with van der Waals surface area (Å²) in [6.07, 6.45) is 12.6. The van der Waals surface area contributed by atoms with Crippen molar-refractivity contribution in [3.05, 3.63) is 137 Å². The van der Waals surface area contributed by atoms with Crippen LogP contribution in [0.15, 0.2) is 125 Å². The molecule has 0 saturated carbocycles. The number of allylic oxidation sites excluding steroid dienone is 3. The zero-order valence-corrected chi connectivity index (χ0v) is 37.0. The van der Waals surface area contributed by atoms with Gasteiger partial charge in [-0.15, -0.1) is 4.57 Å². The Balaban J connectivity index is 0.882. The highest BCUT2D eigenvalue weighted by Crippen LogP contribution is 2.36. The molecule has 0 fully saturated rings. The van der Waals surface area contributed by atoms with Gasteiger partial charge in [0.25, 0.3) is 0 Å². The molecule has 1 aliphatic carbocycles. The van der Waals surface area contributed by atoms with Crippen LogP contribution in [0, 0.1) is 20.8 Å². The predicted octanol–water partition coefficient (Wildman–Crippen LogP) is 11.8. The monoisotopic (exact) mass is 800 g/mol. The van der Waals surface area contributed by atoms with Crippen molar-refractivity contribution in [2.24, 2.45) is 4.99 Å². The van der Waals surface area contributed by atoms with E-state index in [9.17, 15) is 0 Å². The number of hydrogen-bond donors (Lipinski definition) is 3. The minimum absolute atomic E-state index is 0.809. The summed E-state index contributed by atoms with van der Waals surface area (Å²) in [5.74, 6) is 0. The minimum Gasteiger partial charge on any atom is -0.385 e. The molecule has 0 atom stereocenters. The molecule has 0 unspecified atom stereocenters. The van der Waals surface area contributed by atoms with Crippen LogP contribution in [0.3, 0.4) is 0 Å². The Morgan fingerprint density at radius 3 is 1.87 bits per heavy atom. The van der Waals surface area contributed by atoms with E-state index in [0.29, 0.717) is 0 Å². The van der Waals surface area contributed by atoms with Crippen LogP contribution in [0.2, 0.25) is 0 Å². The molecule has 0 aliphatic heterocycles. The zero-order valence-electron chi connectivity index (χ0n) is 37.0. The van der Waals surface area contributed by atoms with Gasteiger partial charge in [0.1, 0.15) is 11.0 Å². The van der Waals surface area contributed by atoms with E-state index in [2.05, 4.69) is 189 Å². The van der Waals surface area contributed by atoms with Gasteiger partial charge < -0.3 is 25.8 Å². The number of aromatic nitrogens is 2. The molecule has 60 heavy (non-hydrogen) atoms. The van der Waals surface area contributed by atoms with Gasteiger partial charge in [-0.1, -0.05) is 68.2 Å². The fraction of sp³-hybridized carbons (Fsp3) is 0.327. The molecule has 0 spiro atoms. The van der Waals surface area contributed by atoms with E-state index < -0.39 is 0 Å². The van der Waals surface area contributed by atoms with Crippen molar-refractivity contribution in [1.29, 1.82) is 0 Å². The Bertz CT molecular complexity index is 2530.